The van der Waals surface area contributed by atoms with Gasteiger partial charge in [-0.1, -0.05) is 55.0 Å². The third-order valence-electron chi connectivity index (χ3n) is 5.36. The van der Waals surface area contributed by atoms with E-state index in [1.165, 1.54) is 4.68 Å². The van der Waals surface area contributed by atoms with Crippen molar-refractivity contribution in [3.63, 3.8) is 0 Å². The molecule has 0 bridgehead atoms. The summed E-state index contributed by atoms with van der Waals surface area (Å²) in [5.74, 6) is -0.101. The molecule has 2 heterocycles. The lowest BCUT2D eigenvalue weighted by Gasteiger charge is -2.19. The molecule has 6 heteroatoms. The van der Waals surface area contributed by atoms with Crippen molar-refractivity contribution >= 4 is 27.7 Å². The van der Waals surface area contributed by atoms with Crippen LogP contribution < -0.4 is 10.9 Å². The Bertz CT molecular complexity index is 1270. The van der Waals surface area contributed by atoms with Gasteiger partial charge in [0.1, 0.15) is 11.6 Å². The van der Waals surface area contributed by atoms with E-state index >= 15 is 0 Å². The van der Waals surface area contributed by atoms with Crippen LogP contribution in [0.2, 0.25) is 0 Å². The Hall–Kier alpha value is -3.41. The second kappa shape index (κ2) is 7.54. The van der Waals surface area contributed by atoms with Gasteiger partial charge in [-0.2, -0.15) is 5.10 Å². The van der Waals surface area contributed by atoms with Crippen LogP contribution in [0.1, 0.15) is 30.5 Å². The van der Waals surface area contributed by atoms with Crippen molar-refractivity contribution in [3.05, 3.63) is 76.2 Å². The first-order valence-electron chi connectivity index (χ1n) is 9.79. The first-order valence-corrected chi connectivity index (χ1v) is 9.79. The third kappa shape index (κ3) is 3.31. The lowest BCUT2D eigenvalue weighted by Crippen LogP contribution is -2.33. The van der Waals surface area contributed by atoms with Crippen molar-refractivity contribution < 1.29 is 4.79 Å². The van der Waals surface area contributed by atoms with Gasteiger partial charge in [-0.05, 0) is 25.0 Å². The van der Waals surface area contributed by atoms with Gasteiger partial charge in [0, 0.05) is 24.4 Å². The normalized spacial score (nSPS) is 12.4. The fraction of sp³-hybridized carbons (Fsp3) is 0.261. The number of aryl methyl sites for hydroxylation is 2. The summed E-state index contributed by atoms with van der Waals surface area (Å²) in [6, 6.07) is 15.4. The first kappa shape index (κ1) is 18.9. The molecule has 1 atom stereocenters. The molecule has 6 nitrogen and oxygen atoms in total. The van der Waals surface area contributed by atoms with E-state index in [0.717, 1.165) is 27.4 Å². The Morgan fingerprint density at radius 3 is 2.69 bits per heavy atom. The molecule has 4 aromatic rings. The second-order valence-electron chi connectivity index (χ2n) is 7.35. The summed E-state index contributed by atoms with van der Waals surface area (Å²) in [5, 5.41) is 8.92. The van der Waals surface area contributed by atoms with Gasteiger partial charge in [0.05, 0.1) is 11.7 Å². The highest BCUT2D eigenvalue weighted by molar-refractivity contribution is 6.08. The average molecular weight is 388 g/mol. The van der Waals surface area contributed by atoms with Gasteiger partial charge in [-0.3, -0.25) is 9.59 Å². The van der Waals surface area contributed by atoms with Crippen LogP contribution >= 0.6 is 0 Å². The van der Waals surface area contributed by atoms with Gasteiger partial charge in [0.2, 0.25) is 5.91 Å². The van der Waals surface area contributed by atoms with Gasteiger partial charge < -0.3 is 9.88 Å². The topological polar surface area (TPSA) is 68.9 Å². The number of nitrogens with zero attached hydrogens (tertiary/aromatic N) is 3. The SMILES string of the molecule is CCC(C(=O)NCc1cccc(C)c1)n1c2ccccc2c2cnn(C)c(=O)c21. The van der Waals surface area contributed by atoms with Gasteiger partial charge in [0.15, 0.2) is 0 Å². The van der Waals surface area contributed by atoms with Crippen LogP contribution in [0.15, 0.2) is 59.5 Å². The molecule has 0 saturated carbocycles. The van der Waals surface area contributed by atoms with Crippen molar-refractivity contribution in [3.8, 4) is 0 Å². The number of hydrogen-bond acceptors (Lipinski definition) is 3. The summed E-state index contributed by atoms with van der Waals surface area (Å²) in [6.45, 7) is 4.44. The number of carbonyl (C=O) groups excluding carboxylic acids is 1. The largest absolute Gasteiger partial charge is 0.350 e. The number of hydrogen-bond donors (Lipinski definition) is 1. The molecule has 0 fully saturated rings. The zero-order valence-electron chi connectivity index (χ0n) is 16.8. The maximum atomic E-state index is 13.2. The van der Waals surface area contributed by atoms with Gasteiger partial charge in [-0.25, -0.2) is 4.68 Å². The molecular formula is C23H24N4O2. The van der Waals surface area contributed by atoms with E-state index in [9.17, 15) is 9.59 Å². The molecule has 1 unspecified atom stereocenters. The number of carbonyl (C=O) groups is 1. The molecule has 4 rings (SSSR count). The Morgan fingerprint density at radius 1 is 1.14 bits per heavy atom. The van der Waals surface area contributed by atoms with E-state index < -0.39 is 6.04 Å². The van der Waals surface area contributed by atoms with Crippen molar-refractivity contribution in [1.29, 1.82) is 0 Å². The van der Waals surface area contributed by atoms with Gasteiger partial charge in [0.25, 0.3) is 5.56 Å². The van der Waals surface area contributed by atoms with Crippen LogP contribution in [0.4, 0.5) is 0 Å². The highest BCUT2D eigenvalue weighted by Gasteiger charge is 2.25. The lowest BCUT2D eigenvalue weighted by molar-refractivity contribution is -0.124. The number of amides is 1. The van der Waals surface area contributed by atoms with E-state index in [0.29, 0.717) is 18.5 Å². The molecule has 2 aromatic heterocycles. The van der Waals surface area contributed by atoms with Crippen LogP contribution in [0.25, 0.3) is 21.8 Å². The van der Waals surface area contributed by atoms with E-state index in [4.69, 9.17) is 0 Å². The average Bonchev–Trinajstić information content (AvgIpc) is 3.05. The number of nitrogens with one attached hydrogen (secondary N) is 1. The molecule has 0 aliphatic carbocycles. The Kier molecular flexibility index (Phi) is 4.92. The van der Waals surface area contributed by atoms with Crippen molar-refractivity contribution in [2.45, 2.75) is 32.9 Å². The second-order valence-corrected chi connectivity index (χ2v) is 7.35. The third-order valence-corrected chi connectivity index (χ3v) is 5.36. The number of benzene rings is 2. The molecular weight excluding hydrogens is 364 g/mol. The Labute approximate surface area is 168 Å². The minimum atomic E-state index is -0.489. The first-order chi connectivity index (χ1) is 14.0. The number of aromatic nitrogens is 3. The van der Waals surface area contributed by atoms with Crippen molar-refractivity contribution in [2.24, 2.45) is 7.05 Å². The Balaban J connectivity index is 1.79. The molecule has 1 N–H and O–H groups in total. The Morgan fingerprint density at radius 2 is 1.93 bits per heavy atom. The smallest absolute Gasteiger partial charge is 0.291 e. The summed E-state index contributed by atoms with van der Waals surface area (Å²) in [6.07, 6.45) is 2.27. The predicted octanol–water partition coefficient (Wildman–Crippen LogP) is 3.46. The zero-order valence-corrected chi connectivity index (χ0v) is 16.8. The highest BCUT2D eigenvalue weighted by atomic mass is 16.2. The summed E-state index contributed by atoms with van der Waals surface area (Å²) in [5.41, 5.74) is 3.38. The van der Waals surface area contributed by atoms with Crippen molar-refractivity contribution in [2.75, 3.05) is 0 Å². The van der Waals surface area contributed by atoms with Crippen LogP contribution in [0.3, 0.4) is 0 Å². The van der Waals surface area contributed by atoms with E-state index in [2.05, 4.69) is 16.5 Å². The molecule has 0 saturated heterocycles. The zero-order chi connectivity index (χ0) is 20.5. The molecule has 148 valence electrons. The van der Waals surface area contributed by atoms with Crippen molar-refractivity contribution in [1.82, 2.24) is 19.7 Å². The lowest BCUT2D eigenvalue weighted by atomic mass is 10.1. The summed E-state index contributed by atoms with van der Waals surface area (Å²) < 4.78 is 3.19. The van der Waals surface area contributed by atoms with Crippen LogP contribution in [-0.2, 0) is 18.4 Å². The minimum Gasteiger partial charge on any atom is -0.350 e. The van der Waals surface area contributed by atoms with Crippen LogP contribution in [0.5, 0.6) is 0 Å². The van der Waals surface area contributed by atoms with E-state index in [-0.39, 0.29) is 11.5 Å². The standard InChI is InChI=1S/C23H24N4O2/c1-4-19(22(28)24-13-16-9-7-8-15(2)12-16)27-20-11-6-5-10-17(20)18-14-25-26(3)23(29)21(18)27/h5-12,14,19H,4,13H2,1-3H3,(H,24,28). The highest BCUT2D eigenvalue weighted by Crippen LogP contribution is 2.30. The molecule has 0 aliphatic rings. The molecule has 0 spiro atoms. The summed E-state index contributed by atoms with van der Waals surface area (Å²) >= 11 is 0. The fourth-order valence-corrected chi connectivity index (χ4v) is 3.93. The summed E-state index contributed by atoms with van der Waals surface area (Å²) in [4.78, 5) is 26.1. The number of rotatable bonds is 5. The fourth-order valence-electron chi connectivity index (χ4n) is 3.93. The van der Waals surface area contributed by atoms with Gasteiger partial charge in [-0.15, -0.1) is 0 Å². The van der Waals surface area contributed by atoms with Crippen LogP contribution in [0, 0.1) is 6.92 Å². The van der Waals surface area contributed by atoms with E-state index in [1.807, 2.05) is 60.9 Å². The minimum absolute atomic E-state index is 0.101. The summed E-state index contributed by atoms with van der Waals surface area (Å²) in [7, 11) is 1.63. The molecule has 0 aliphatic heterocycles. The quantitative estimate of drug-likeness (QED) is 0.569. The molecule has 2 aromatic carbocycles. The van der Waals surface area contributed by atoms with E-state index in [1.54, 1.807) is 13.2 Å². The predicted molar refractivity (Wildman–Crippen MR) is 115 cm³/mol. The monoisotopic (exact) mass is 388 g/mol. The van der Waals surface area contributed by atoms with Crippen LogP contribution in [-0.4, -0.2) is 20.3 Å². The van der Waals surface area contributed by atoms with Gasteiger partial charge >= 0.3 is 0 Å². The maximum absolute atomic E-state index is 13.2. The molecule has 29 heavy (non-hydrogen) atoms. The molecule has 0 radical (unpaired) electrons. The maximum Gasteiger partial charge on any atom is 0.291 e. The number of fused-ring (bicyclic) bond motifs is 3. The number of para-hydroxylation sites is 1. The molecule has 1 amide bonds.